The average Bonchev–Trinajstić information content (AvgIpc) is 3.09. The Labute approximate surface area is 187 Å². The Balaban J connectivity index is 1.36. The van der Waals surface area contributed by atoms with Crippen LogP contribution in [-0.4, -0.2) is 19.2 Å². The van der Waals surface area contributed by atoms with Gasteiger partial charge in [-0.05, 0) is 104 Å². The summed E-state index contributed by atoms with van der Waals surface area (Å²) in [6.07, 6.45) is 12.6. The highest BCUT2D eigenvalue weighted by atomic mass is 16.5. The molecule has 0 unspecified atom stereocenters. The minimum Gasteiger partial charge on any atom is -0.497 e. The van der Waals surface area contributed by atoms with Crippen molar-refractivity contribution in [2.75, 3.05) is 7.11 Å². The molecule has 4 aliphatic rings. The van der Waals surface area contributed by atoms with E-state index in [0.29, 0.717) is 5.41 Å². The van der Waals surface area contributed by atoms with E-state index in [9.17, 15) is 4.79 Å². The normalized spacial score (nSPS) is 41.4. The van der Waals surface area contributed by atoms with E-state index in [4.69, 9.17) is 9.47 Å². The lowest BCUT2D eigenvalue weighted by Crippen LogP contribution is -2.53. The van der Waals surface area contributed by atoms with Crippen molar-refractivity contribution in [3.63, 3.8) is 0 Å². The zero-order chi connectivity index (χ0) is 21.8. The fourth-order valence-corrected chi connectivity index (χ4v) is 8.27. The van der Waals surface area contributed by atoms with Crippen LogP contribution in [0.5, 0.6) is 5.75 Å². The summed E-state index contributed by atoms with van der Waals surface area (Å²) in [7, 11) is 1.73. The fourth-order valence-electron chi connectivity index (χ4n) is 8.27. The summed E-state index contributed by atoms with van der Waals surface area (Å²) in [5, 5.41) is 0. The lowest BCUT2D eigenvalue weighted by atomic mass is 9.45. The van der Waals surface area contributed by atoms with Gasteiger partial charge in [0.05, 0.1) is 7.11 Å². The van der Waals surface area contributed by atoms with Crippen molar-refractivity contribution in [2.45, 2.75) is 78.2 Å². The van der Waals surface area contributed by atoms with Gasteiger partial charge in [-0.2, -0.15) is 0 Å². The van der Waals surface area contributed by atoms with Gasteiger partial charge in [0.25, 0.3) is 0 Å². The molecule has 4 aliphatic carbocycles. The number of benzene rings is 1. The summed E-state index contributed by atoms with van der Waals surface area (Å²) in [6, 6.07) is 8.61. The van der Waals surface area contributed by atoms with Crippen molar-refractivity contribution in [3.05, 3.63) is 35.9 Å². The number of esters is 1. The quantitative estimate of drug-likeness (QED) is 0.511. The van der Waals surface area contributed by atoms with Crippen LogP contribution < -0.4 is 4.74 Å². The molecular formula is C28H38O3. The third-order valence-electron chi connectivity index (χ3n) is 10.0. The fraction of sp³-hybridized carbons (Fsp3) is 0.679. The van der Waals surface area contributed by atoms with Crippen LogP contribution in [0, 0.1) is 34.5 Å². The van der Waals surface area contributed by atoms with E-state index in [2.05, 4.69) is 44.2 Å². The molecule has 0 radical (unpaired) electrons. The molecule has 3 nitrogen and oxygen atoms in total. The Morgan fingerprint density at radius 1 is 0.968 bits per heavy atom. The molecule has 0 N–H and O–H groups in total. The summed E-state index contributed by atoms with van der Waals surface area (Å²) in [4.78, 5) is 11.7. The molecule has 3 fully saturated rings. The molecule has 1 aromatic rings. The van der Waals surface area contributed by atoms with E-state index in [1.165, 1.54) is 56.1 Å². The maximum Gasteiger partial charge on any atom is 0.302 e. The van der Waals surface area contributed by atoms with Gasteiger partial charge in [0.1, 0.15) is 11.9 Å². The number of carbonyl (C=O) groups is 1. The number of methoxy groups -OCH3 is 1. The number of rotatable bonds is 3. The van der Waals surface area contributed by atoms with E-state index in [1.54, 1.807) is 14.0 Å². The molecule has 0 aromatic heterocycles. The largest absolute Gasteiger partial charge is 0.497 e. The van der Waals surface area contributed by atoms with Crippen molar-refractivity contribution in [1.29, 1.82) is 0 Å². The van der Waals surface area contributed by atoms with Crippen LogP contribution in [0.25, 0.3) is 5.57 Å². The van der Waals surface area contributed by atoms with E-state index in [-0.39, 0.29) is 17.5 Å². The number of allylic oxidation sites excluding steroid dienone is 2. The van der Waals surface area contributed by atoms with Crippen LogP contribution in [-0.2, 0) is 9.53 Å². The maximum absolute atomic E-state index is 11.7. The molecule has 0 heterocycles. The van der Waals surface area contributed by atoms with Gasteiger partial charge >= 0.3 is 5.97 Å². The molecular weight excluding hydrogens is 384 g/mol. The zero-order valence-electron chi connectivity index (χ0n) is 19.7. The van der Waals surface area contributed by atoms with E-state index >= 15 is 0 Å². The summed E-state index contributed by atoms with van der Waals surface area (Å²) >= 11 is 0. The molecule has 168 valence electrons. The molecule has 0 bridgehead atoms. The van der Waals surface area contributed by atoms with Crippen LogP contribution in [0.2, 0.25) is 0 Å². The zero-order valence-corrected chi connectivity index (χ0v) is 19.7. The smallest absolute Gasteiger partial charge is 0.302 e. The van der Waals surface area contributed by atoms with Gasteiger partial charge in [0.15, 0.2) is 0 Å². The summed E-state index contributed by atoms with van der Waals surface area (Å²) in [6.45, 7) is 6.59. The molecule has 0 amide bonds. The second-order valence-corrected chi connectivity index (χ2v) is 11.2. The van der Waals surface area contributed by atoms with Gasteiger partial charge in [-0.25, -0.2) is 0 Å². The molecule has 1 aromatic carbocycles. The highest BCUT2D eigenvalue weighted by Crippen LogP contribution is 2.66. The molecule has 31 heavy (non-hydrogen) atoms. The second kappa shape index (κ2) is 7.67. The molecule has 3 heteroatoms. The van der Waals surface area contributed by atoms with Crippen molar-refractivity contribution in [1.82, 2.24) is 0 Å². The number of hydrogen-bond acceptors (Lipinski definition) is 3. The summed E-state index contributed by atoms with van der Waals surface area (Å²) in [5.41, 5.74) is 3.50. The topological polar surface area (TPSA) is 35.5 Å². The Morgan fingerprint density at radius 2 is 1.71 bits per heavy atom. The Kier molecular flexibility index (Phi) is 5.22. The SMILES string of the molecule is COc1ccc(C2=CC[C@@]3(C)[C@H](CC[C@@H]4[C@H]5CC[C@@H](OC(C)=O)[C@@]5(C)CC[C@@H]43)C2)cc1. The monoisotopic (exact) mass is 422 g/mol. The number of ether oxygens (including phenoxy) is 2. The molecule has 0 saturated heterocycles. The highest BCUT2D eigenvalue weighted by molar-refractivity contribution is 5.67. The van der Waals surface area contributed by atoms with Gasteiger partial charge in [-0.1, -0.05) is 32.1 Å². The molecule has 0 spiro atoms. The second-order valence-electron chi connectivity index (χ2n) is 11.2. The van der Waals surface area contributed by atoms with Crippen LogP contribution in [0.15, 0.2) is 30.3 Å². The first kappa shape index (κ1) is 21.1. The summed E-state index contributed by atoms with van der Waals surface area (Å²) in [5.74, 6) is 3.95. The lowest BCUT2D eigenvalue weighted by Gasteiger charge is -2.60. The number of carbonyl (C=O) groups excluding carboxylic acids is 1. The van der Waals surface area contributed by atoms with Gasteiger partial charge in [-0.3, -0.25) is 4.79 Å². The minimum atomic E-state index is -0.104. The standard InChI is InChI=1S/C28H38O3/c1-18(29)31-26-12-11-24-23-10-7-21-17-20(19-5-8-22(30-4)9-6-19)13-15-27(21,2)25(23)14-16-28(24,26)3/h5-6,8-9,13,21,23-26H,7,10-12,14-17H2,1-4H3/t21-,23-,24-,25+,26-,27+,28+/m1/s1. The number of hydrogen-bond donors (Lipinski definition) is 0. The lowest BCUT2D eigenvalue weighted by molar-refractivity contribution is -0.159. The third kappa shape index (κ3) is 3.34. The average molecular weight is 423 g/mol. The summed E-state index contributed by atoms with van der Waals surface area (Å²) < 4.78 is 11.2. The van der Waals surface area contributed by atoms with E-state index in [0.717, 1.165) is 35.8 Å². The predicted octanol–water partition coefficient (Wildman–Crippen LogP) is 6.66. The Morgan fingerprint density at radius 3 is 2.42 bits per heavy atom. The van der Waals surface area contributed by atoms with Crippen LogP contribution >= 0.6 is 0 Å². The highest BCUT2D eigenvalue weighted by Gasteiger charge is 2.60. The predicted molar refractivity (Wildman–Crippen MR) is 124 cm³/mol. The Hall–Kier alpha value is -1.77. The van der Waals surface area contributed by atoms with Crippen molar-refractivity contribution in [3.8, 4) is 5.75 Å². The van der Waals surface area contributed by atoms with Crippen LogP contribution in [0.3, 0.4) is 0 Å². The maximum atomic E-state index is 11.7. The Bertz CT molecular complexity index is 871. The van der Waals surface area contributed by atoms with Gasteiger partial charge < -0.3 is 9.47 Å². The van der Waals surface area contributed by atoms with Gasteiger partial charge in [0.2, 0.25) is 0 Å². The van der Waals surface area contributed by atoms with Gasteiger partial charge in [-0.15, -0.1) is 0 Å². The molecule has 3 saturated carbocycles. The van der Waals surface area contributed by atoms with Crippen molar-refractivity contribution < 1.29 is 14.3 Å². The van der Waals surface area contributed by atoms with Crippen LogP contribution in [0.1, 0.15) is 77.7 Å². The first-order chi connectivity index (χ1) is 14.8. The van der Waals surface area contributed by atoms with E-state index < -0.39 is 0 Å². The van der Waals surface area contributed by atoms with Crippen molar-refractivity contribution in [2.24, 2.45) is 34.5 Å². The minimum absolute atomic E-state index is 0.104. The molecule has 7 atom stereocenters. The first-order valence-corrected chi connectivity index (χ1v) is 12.4. The number of fused-ring (bicyclic) bond motifs is 5. The van der Waals surface area contributed by atoms with Crippen LogP contribution in [0.4, 0.5) is 0 Å². The molecule has 0 aliphatic heterocycles. The third-order valence-corrected chi connectivity index (χ3v) is 10.0. The van der Waals surface area contributed by atoms with E-state index in [1.807, 2.05) is 0 Å². The van der Waals surface area contributed by atoms with Crippen molar-refractivity contribution >= 4 is 11.5 Å². The molecule has 5 rings (SSSR count). The first-order valence-electron chi connectivity index (χ1n) is 12.4. The van der Waals surface area contributed by atoms with Gasteiger partial charge in [0, 0.05) is 12.3 Å².